The molecule has 0 N–H and O–H groups in total. The second-order valence-electron chi connectivity index (χ2n) is 5.17. The van der Waals surface area contributed by atoms with Crippen LogP contribution in [-0.4, -0.2) is 12.3 Å². The van der Waals surface area contributed by atoms with Gasteiger partial charge in [-0.3, -0.25) is 0 Å². The summed E-state index contributed by atoms with van der Waals surface area (Å²) < 4.78 is 0. The average molecular weight is 239 g/mol. The van der Waals surface area contributed by atoms with E-state index in [1.54, 1.807) is 0 Å². The summed E-state index contributed by atoms with van der Waals surface area (Å²) in [5.74, 6) is 0. The normalized spacial score (nSPS) is 15.5. The molecule has 0 spiro atoms. The molecule has 0 saturated carbocycles. The Labute approximate surface area is 107 Å². The van der Waals surface area contributed by atoms with E-state index in [2.05, 4.69) is 12.1 Å². The van der Waals surface area contributed by atoms with E-state index in [0.717, 1.165) is 25.9 Å². The highest BCUT2D eigenvalue weighted by atomic mass is 16.6. The van der Waals surface area contributed by atoms with Crippen LogP contribution in [0.4, 0.5) is 0 Å². The van der Waals surface area contributed by atoms with E-state index in [-0.39, 0.29) is 0 Å². The second kappa shape index (κ2) is 10.6. The van der Waals surface area contributed by atoms with E-state index < -0.39 is 0 Å². The number of hydrogen-bond acceptors (Lipinski definition) is 2. The fourth-order valence-corrected chi connectivity index (χ4v) is 2.33. The first-order valence-corrected chi connectivity index (χ1v) is 7.61. The molecule has 0 saturated heterocycles. The van der Waals surface area contributed by atoms with Crippen LogP contribution in [0.3, 0.4) is 0 Å². The van der Waals surface area contributed by atoms with Gasteiger partial charge in [0.05, 0.1) is 5.71 Å². The second-order valence-corrected chi connectivity index (χ2v) is 5.17. The number of nitrogens with zero attached hydrogens (tertiary/aromatic N) is 1. The van der Waals surface area contributed by atoms with E-state index in [9.17, 15) is 0 Å². The van der Waals surface area contributed by atoms with Crippen LogP contribution in [0, 0.1) is 0 Å². The Morgan fingerprint density at radius 2 is 1.59 bits per heavy atom. The molecule has 0 aromatic carbocycles. The highest BCUT2D eigenvalue weighted by Crippen LogP contribution is 2.13. The fraction of sp³-hybridized carbons (Fsp3) is 0.933. The predicted octanol–water partition coefficient (Wildman–Crippen LogP) is 5.07. The van der Waals surface area contributed by atoms with Crippen molar-refractivity contribution < 1.29 is 4.84 Å². The third kappa shape index (κ3) is 8.23. The van der Waals surface area contributed by atoms with E-state index in [1.807, 2.05) is 0 Å². The Bertz CT molecular complexity index is 201. The maximum absolute atomic E-state index is 5.10. The quantitative estimate of drug-likeness (QED) is 0.487. The molecule has 0 radical (unpaired) electrons. The van der Waals surface area contributed by atoms with Crippen molar-refractivity contribution in [1.82, 2.24) is 0 Å². The van der Waals surface area contributed by atoms with E-state index in [0.29, 0.717) is 0 Å². The van der Waals surface area contributed by atoms with Crippen molar-refractivity contribution in [2.75, 3.05) is 6.61 Å². The van der Waals surface area contributed by atoms with Crippen LogP contribution in [0.25, 0.3) is 0 Å². The largest absolute Gasteiger partial charge is 0.396 e. The smallest absolute Gasteiger partial charge is 0.117 e. The van der Waals surface area contributed by atoms with Crippen molar-refractivity contribution in [2.45, 2.75) is 84.0 Å². The molecule has 0 atom stereocenters. The molecule has 0 amide bonds. The van der Waals surface area contributed by atoms with Gasteiger partial charge in [0.2, 0.25) is 0 Å². The zero-order valence-electron chi connectivity index (χ0n) is 11.5. The van der Waals surface area contributed by atoms with Gasteiger partial charge in [0, 0.05) is 0 Å². The van der Waals surface area contributed by atoms with Crippen LogP contribution in [-0.2, 0) is 4.84 Å². The molecule has 2 nitrogen and oxygen atoms in total. The van der Waals surface area contributed by atoms with Crippen molar-refractivity contribution in [3.05, 3.63) is 0 Å². The molecule has 17 heavy (non-hydrogen) atoms. The molecule has 0 aliphatic carbocycles. The van der Waals surface area contributed by atoms with Crippen LogP contribution < -0.4 is 0 Å². The van der Waals surface area contributed by atoms with Gasteiger partial charge in [-0.2, -0.15) is 0 Å². The Morgan fingerprint density at radius 1 is 0.941 bits per heavy atom. The number of oxime groups is 1. The SMILES string of the molecule is CCCCCCCCCCCC1=NOCCC1. The predicted molar refractivity (Wildman–Crippen MR) is 74.5 cm³/mol. The van der Waals surface area contributed by atoms with Gasteiger partial charge >= 0.3 is 0 Å². The minimum Gasteiger partial charge on any atom is -0.396 e. The van der Waals surface area contributed by atoms with Gasteiger partial charge in [0.1, 0.15) is 6.61 Å². The molecule has 0 aromatic rings. The van der Waals surface area contributed by atoms with E-state index in [4.69, 9.17) is 4.84 Å². The molecule has 0 fully saturated rings. The average Bonchev–Trinajstić information content (AvgIpc) is 2.38. The molecule has 2 heteroatoms. The molecule has 0 unspecified atom stereocenters. The van der Waals surface area contributed by atoms with Gasteiger partial charge in [0.15, 0.2) is 0 Å². The molecule has 1 aliphatic rings. The van der Waals surface area contributed by atoms with Gasteiger partial charge < -0.3 is 4.84 Å². The zero-order chi connectivity index (χ0) is 12.2. The standard InChI is InChI=1S/C15H29NO/c1-2-3-4-5-6-7-8-9-10-12-15-13-11-14-17-16-15/h2-14H2,1H3. The first kappa shape index (κ1) is 14.5. The van der Waals surface area contributed by atoms with Gasteiger partial charge in [-0.1, -0.05) is 63.4 Å². The van der Waals surface area contributed by atoms with Crippen LogP contribution in [0.15, 0.2) is 5.16 Å². The van der Waals surface area contributed by atoms with Crippen LogP contribution in [0.5, 0.6) is 0 Å². The maximum atomic E-state index is 5.10. The molecule has 1 heterocycles. The van der Waals surface area contributed by atoms with Gasteiger partial charge in [-0.25, -0.2) is 0 Å². The summed E-state index contributed by atoms with van der Waals surface area (Å²) >= 11 is 0. The number of hydrogen-bond donors (Lipinski definition) is 0. The number of rotatable bonds is 10. The lowest BCUT2D eigenvalue weighted by atomic mass is 10.0. The first-order valence-electron chi connectivity index (χ1n) is 7.61. The lowest BCUT2D eigenvalue weighted by molar-refractivity contribution is 0.130. The van der Waals surface area contributed by atoms with Crippen molar-refractivity contribution in [1.29, 1.82) is 0 Å². The molecule has 1 rings (SSSR count). The van der Waals surface area contributed by atoms with Gasteiger partial charge in [-0.15, -0.1) is 0 Å². The minimum atomic E-state index is 0.821. The van der Waals surface area contributed by atoms with Gasteiger partial charge in [-0.05, 0) is 25.7 Å². The topological polar surface area (TPSA) is 21.6 Å². The van der Waals surface area contributed by atoms with Crippen LogP contribution in [0.1, 0.15) is 84.0 Å². The molecular formula is C15H29NO. The lowest BCUT2D eigenvalue weighted by Gasteiger charge is -2.11. The fourth-order valence-electron chi connectivity index (χ4n) is 2.33. The molecule has 1 aliphatic heterocycles. The maximum Gasteiger partial charge on any atom is 0.117 e. The molecule has 100 valence electrons. The Kier molecular flexibility index (Phi) is 9.07. The Balaban J connectivity index is 1.79. The van der Waals surface area contributed by atoms with Crippen LogP contribution >= 0.6 is 0 Å². The Hall–Kier alpha value is -0.530. The summed E-state index contributed by atoms with van der Waals surface area (Å²) in [5.41, 5.74) is 1.29. The third-order valence-electron chi connectivity index (χ3n) is 3.46. The van der Waals surface area contributed by atoms with Crippen LogP contribution in [0.2, 0.25) is 0 Å². The molecule has 0 aromatic heterocycles. The van der Waals surface area contributed by atoms with Crippen molar-refractivity contribution >= 4 is 5.71 Å². The first-order chi connectivity index (χ1) is 8.43. The van der Waals surface area contributed by atoms with Gasteiger partial charge in [0.25, 0.3) is 0 Å². The van der Waals surface area contributed by atoms with E-state index in [1.165, 1.54) is 63.5 Å². The van der Waals surface area contributed by atoms with E-state index >= 15 is 0 Å². The minimum absolute atomic E-state index is 0.821. The highest BCUT2D eigenvalue weighted by Gasteiger charge is 2.05. The van der Waals surface area contributed by atoms with Crippen molar-refractivity contribution in [2.24, 2.45) is 5.16 Å². The summed E-state index contributed by atoms with van der Waals surface area (Å²) in [5, 5.41) is 4.11. The highest BCUT2D eigenvalue weighted by molar-refractivity contribution is 5.84. The summed E-state index contributed by atoms with van der Waals surface area (Å²) in [7, 11) is 0. The summed E-state index contributed by atoms with van der Waals surface area (Å²) in [6.45, 7) is 3.10. The number of unbranched alkanes of at least 4 members (excludes halogenated alkanes) is 8. The third-order valence-corrected chi connectivity index (χ3v) is 3.46. The van der Waals surface area contributed by atoms with Crippen molar-refractivity contribution in [3.8, 4) is 0 Å². The monoisotopic (exact) mass is 239 g/mol. The molecular weight excluding hydrogens is 210 g/mol. The Morgan fingerprint density at radius 3 is 2.18 bits per heavy atom. The van der Waals surface area contributed by atoms with Crippen molar-refractivity contribution in [3.63, 3.8) is 0 Å². The summed E-state index contributed by atoms with van der Waals surface area (Å²) in [4.78, 5) is 5.10. The lowest BCUT2D eigenvalue weighted by Crippen LogP contribution is -2.07. The summed E-state index contributed by atoms with van der Waals surface area (Å²) in [6.07, 6.45) is 16.1. The zero-order valence-corrected chi connectivity index (χ0v) is 11.5. The molecule has 0 bridgehead atoms. The summed E-state index contributed by atoms with van der Waals surface area (Å²) in [6, 6.07) is 0.